The predicted octanol–water partition coefficient (Wildman–Crippen LogP) is 0.820. The van der Waals surface area contributed by atoms with E-state index >= 15 is 0 Å². The lowest BCUT2D eigenvalue weighted by Gasteiger charge is -2.28. The van der Waals surface area contributed by atoms with Crippen LogP contribution in [0.3, 0.4) is 0 Å². The topological polar surface area (TPSA) is 131 Å². The summed E-state index contributed by atoms with van der Waals surface area (Å²) < 4.78 is 18.1. The number of hydrogen-bond donors (Lipinski definition) is 4. The van der Waals surface area contributed by atoms with Gasteiger partial charge in [0.15, 0.2) is 0 Å². The maximum absolute atomic E-state index is 12.6. The van der Waals surface area contributed by atoms with Gasteiger partial charge in [0.2, 0.25) is 19.2 Å². The third-order valence-corrected chi connectivity index (χ3v) is 7.24. The second-order valence-corrected chi connectivity index (χ2v) is 10.2. The van der Waals surface area contributed by atoms with E-state index in [9.17, 15) is 19.3 Å². The fourth-order valence-corrected chi connectivity index (χ4v) is 4.81. The maximum Gasteiger partial charge on any atom is 0.239 e. The number of rotatable bonds is 10. The Labute approximate surface area is 156 Å². The molecule has 1 rings (SSSR count). The van der Waals surface area contributed by atoms with Crippen molar-refractivity contribution in [1.82, 2.24) is 10.6 Å². The fourth-order valence-electron chi connectivity index (χ4n) is 2.83. The summed E-state index contributed by atoms with van der Waals surface area (Å²) in [7, 11) is -2.76. The van der Waals surface area contributed by atoms with Gasteiger partial charge in [-0.2, -0.15) is 0 Å². The molecule has 1 aliphatic rings. The molecule has 0 aliphatic heterocycles. The molecule has 0 spiro atoms. The second-order valence-electron chi connectivity index (χ2n) is 7.44. The Morgan fingerprint density at radius 1 is 1.23 bits per heavy atom. The van der Waals surface area contributed by atoms with Crippen LogP contribution in [-0.2, 0) is 18.7 Å². The van der Waals surface area contributed by atoms with E-state index in [1.54, 1.807) is 6.66 Å². The van der Waals surface area contributed by atoms with Crippen molar-refractivity contribution in [3.8, 4) is 0 Å². The SMILES string of the molecule is CC(C)[C@H](N)C(=O)NCC(=O)NC[C@@H](O)COP(C)(=O)C1CCCCC1. The molecule has 0 aromatic heterocycles. The minimum absolute atomic E-state index is 0.0223. The van der Waals surface area contributed by atoms with Crippen molar-refractivity contribution in [2.45, 2.75) is 63.8 Å². The van der Waals surface area contributed by atoms with Crippen molar-refractivity contribution in [3.05, 3.63) is 0 Å². The van der Waals surface area contributed by atoms with Gasteiger partial charge in [0.1, 0.15) is 0 Å². The van der Waals surface area contributed by atoms with E-state index in [4.69, 9.17) is 10.3 Å². The Balaban J connectivity index is 2.24. The van der Waals surface area contributed by atoms with Crippen molar-refractivity contribution in [2.24, 2.45) is 11.7 Å². The van der Waals surface area contributed by atoms with Crippen molar-refractivity contribution in [3.63, 3.8) is 0 Å². The summed E-state index contributed by atoms with van der Waals surface area (Å²) in [5, 5.41) is 14.9. The average Bonchev–Trinajstić information content (AvgIpc) is 2.62. The molecule has 1 fully saturated rings. The standard InChI is InChI=1S/C17H34N3O5P/c1-12(2)16(18)17(23)20-10-15(22)19-9-13(21)11-25-26(3,24)14-7-5-4-6-8-14/h12-14,16,21H,4-11,18H2,1-3H3,(H,19,22)(H,20,23)/t13-,16+,26?/m1/s1. The van der Waals surface area contributed by atoms with Crippen LogP contribution in [0.2, 0.25) is 0 Å². The third kappa shape index (κ3) is 8.16. The largest absolute Gasteiger partial charge is 0.389 e. The van der Waals surface area contributed by atoms with Gasteiger partial charge in [0.05, 0.1) is 25.3 Å². The van der Waals surface area contributed by atoms with Crippen LogP contribution in [0.5, 0.6) is 0 Å². The third-order valence-electron chi connectivity index (χ3n) is 4.74. The number of aliphatic hydroxyl groups is 1. The molecule has 26 heavy (non-hydrogen) atoms. The molecule has 2 amide bonds. The van der Waals surface area contributed by atoms with E-state index in [2.05, 4.69) is 10.6 Å². The lowest BCUT2D eigenvalue weighted by molar-refractivity contribution is -0.127. The number of carbonyl (C=O) groups excluding carboxylic acids is 2. The molecule has 152 valence electrons. The van der Waals surface area contributed by atoms with Crippen LogP contribution in [0, 0.1) is 5.92 Å². The van der Waals surface area contributed by atoms with Crippen LogP contribution >= 0.6 is 7.37 Å². The van der Waals surface area contributed by atoms with Gasteiger partial charge < -0.3 is 26.0 Å². The Morgan fingerprint density at radius 2 is 1.85 bits per heavy atom. The number of carbonyl (C=O) groups is 2. The number of hydrogen-bond acceptors (Lipinski definition) is 6. The first kappa shape index (κ1) is 23.1. The highest BCUT2D eigenvalue weighted by Crippen LogP contribution is 2.53. The van der Waals surface area contributed by atoms with Gasteiger partial charge in [-0.15, -0.1) is 0 Å². The van der Waals surface area contributed by atoms with E-state index in [-0.39, 0.29) is 31.3 Å². The van der Waals surface area contributed by atoms with Crippen LogP contribution in [0.4, 0.5) is 0 Å². The molecule has 3 atom stereocenters. The first-order valence-corrected chi connectivity index (χ1v) is 11.5. The molecule has 1 aliphatic carbocycles. The molecule has 1 unspecified atom stereocenters. The van der Waals surface area contributed by atoms with Gasteiger partial charge >= 0.3 is 0 Å². The van der Waals surface area contributed by atoms with Gasteiger partial charge in [0, 0.05) is 18.9 Å². The highest BCUT2D eigenvalue weighted by atomic mass is 31.2. The van der Waals surface area contributed by atoms with Crippen molar-refractivity contribution < 1.29 is 23.8 Å². The van der Waals surface area contributed by atoms with Crippen molar-refractivity contribution in [1.29, 1.82) is 0 Å². The number of nitrogens with one attached hydrogen (secondary N) is 2. The second kappa shape index (κ2) is 11.0. The van der Waals surface area contributed by atoms with E-state index in [1.807, 2.05) is 13.8 Å². The van der Waals surface area contributed by atoms with Crippen molar-refractivity contribution >= 4 is 19.2 Å². The molecule has 8 nitrogen and oxygen atoms in total. The van der Waals surface area contributed by atoms with E-state index in [1.165, 1.54) is 6.42 Å². The first-order valence-electron chi connectivity index (χ1n) is 9.33. The zero-order valence-electron chi connectivity index (χ0n) is 16.1. The molecule has 9 heteroatoms. The van der Waals surface area contributed by atoms with E-state index in [0.29, 0.717) is 0 Å². The summed E-state index contributed by atoms with van der Waals surface area (Å²) in [6, 6.07) is -0.666. The Morgan fingerprint density at radius 3 is 2.42 bits per heavy atom. The quantitative estimate of drug-likeness (QED) is 0.408. The Bertz CT molecular complexity index is 509. The molecule has 0 aromatic rings. The molecule has 0 heterocycles. The Hall–Kier alpha value is -0.950. The highest BCUT2D eigenvalue weighted by Gasteiger charge is 2.31. The summed E-state index contributed by atoms with van der Waals surface area (Å²) in [5.74, 6) is -0.843. The maximum atomic E-state index is 12.6. The number of aliphatic hydroxyl groups excluding tert-OH is 1. The summed E-state index contributed by atoms with van der Waals surface area (Å²) in [5.41, 5.74) is 5.75. The van der Waals surface area contributed by atoms with E-state index in [0.717, 1.165) is 25.7 Å². The molecule has 0 radical (unpaired) electrons. The number of nitrogens with two attached hydrogens (primary N) is 1. The molecule has 0 aromatic carbocycles. The van der Waals surface area contributed by atoms with Crippen LogP contribution < -0.4 is 16.4 Å². The molecule has 0 bridgehead atoms. The molecule has 5 N–H and O–H groups in total. The molecular formula is C17H34N3O5P. The smallest absolute Gasteiger partial charge is 0.239 e. The normalized spacial score (nSPS) is 20.2. The predicted molar refractivity (Wildman–Crippen MR) is 101 cm³/mol. The van der Waals surface area contributed by atoms with E-state index < -0.39 is 31.3 Å². The minimum atomic E-state index is -2.76. The highest BCUT2D eigenvalue weighted by molar-refractivity contribution is 7.58. The van der Waals surface area contributed by atoms with Gasteiger partial charge in [-0.05, 0) is 18.8 Å². The van der Waals surface area contributed by atoms with Gasteiger partial charge in [0.25, 0.3) is 0 Å². The summed E-state index contributed by atoms with van der Waals surface area (Å²) in [6.45, 7) is 4.94. The van der Waals surface area contributed by atoms with Crippen LogP contribution in [0.25, 0.3) is 0 Å². The zero-order chi connectivity index (χ0) is 19.7. The molecular weight excluding hydrogens is 357 g/mol. The molecule has 0 saturated heterocycles. The zero-order valence-corrected chi connectivity index (χ0v) is 17.0. The summed E-state index contributed by atoms with van der Waals surface area (Å²) in [4.78, 5) is 23.4. The number of amides is 2. The van der Waals surface area contributed by atoms with Crippen LogP contribution in [0.1, 0.15) is 46.0 Å². The lowest BCUT2D eigenvalue weighted by Crippen LogP contribution is -2.48. The van der Waals surface area contributed by atoms with Gasteiger partial charge in [-0.1, -0.05) is 33.1 Å². The fraction of sp³-hybridized carbons (Fsp3) is 0.882. The lowest BCUT2D eigenvalue weighted by atomic mass is 10.0. The van der Waals surface area contributed by atoms with Crippen LogP contribution in [-0.4, -0.2) is 61.1 Å². The van der Waals surface area contributed by atoms with Crippen LogP contribution in [0.15, 0.2) is 0 Å². The first-order chi connectivity index (χ1) is 12.1. The summed E-state index contributed by atoms with van der Waals surface area (Å²) >= 11 is 0. The van der Waals surface area contributed by atoms with Gasteiger partial charge in [-0.25, -0.2) is 0 Å². The molecule has 1 saturated carbocycles. The minimum Gasteiger partial charge on any atom is -0.389 e. The monoisotopic (exact) mass is 391 g/mol. The Kier molecular flexibility index (Phi) is 9.79. The van der Waals surface area contributed by atoms with Crippen molar-refractivity contribution in [2.75, 3.05) is 26.4 Å². The summed E-state index contributed by atoms with van der Waals surface area (Å²) in [6.07, 6.45) is 4.15. The average molecular weight is 391 g/mol. The van der Waals surface area contributed by atoms with Gasteiger partial charge in [-0.3, -0.25) is 14.2 Å².